The molecule has 0 aliphatic carbocycles. The lowest BCUT2D eigenvalue weighted by molar-refractivity contribution is -0.161. The molecular weight excluding hydrogens is 629 g/mol. The Hall–Kier alpha value is -0.990. The van der Waals surface area contributed by atoms with Crippen molar-refractivity contribution < 1.29 is 37.6 Å². The maximum Gasteiger partial charge on any atom is 0.472 e. The standard InChI is InChI=1S/C38H76NO8P/c1-3-5-7-9-11-13-15-17-19-20-22-24-26-28-30-37(40)44-34-36(35-46-48(42,43)45-33-32-39)47-38(41)31-29-27-25-23-21-18-16-14-12-10-8-6-4-2/h36H,3-35,39H2,1-2H3,(H,42,43)/t36-/m1/s1. The van der Waals surface area contributed by atoms with Crippen LogP contribution in [-0.4, -0.2) is 49.3 Å². The average molecular weight is 706 g/mol. The second-order valence-corrected chi connectivity index (χ2v) is 15.0. The minimum atomic E-state index is -4.36. The van der Waals surface area contributed by atoms with Gasteiger partial charge in [0.1, 0.15) is 6.61 Å². The van der Waals surface area contributed by atoms with E-state index in [0.29, 0.717) is 6.42 Å². The molecule has 48 heavy (non-hydrogen) atoms. The molecule has 10 heteroatoms. The van der Waals surface area contributed by atoms with Crippen LogP contribution in [0.25, 0.3) is 0 Å². The van der Waals surface area contributed by atoms with Crippen LogP contribution in [0.3, 0.4) is 0 Å². The van der Waals surface area contributed by atoms with Crippen LogP contribution in [0.5, 0.6) is 0 Å². The summed E-state index contributed by atoms with van der Waals surface area (Å²) in [7, 11) is -4.36. The van der Waals surface area contributed by atoms with E-state index < -0.39 is 26.5 Å². The van der Waals surface area contributed by atoms with Gasteiger partial charge in [0.25, 0.3) is 0 Å². The lowest BCUT2D eigenvalue weighted by Gasteiger charge is -2.19. The summed E-state index contributed by atoms with van der Waals surface area (Å²) in [6, 6.07) is 0. The number of carbonyl (C=O) groups excluding carboxylic acids is 2. The molecule has 1 unspecified atom stereocenters. The molecule has 0 aromatic heterocycles. The Morgan fingerprint density at radius 1 is 0.542 bits per heavy atom. The van der Waals surface area contributed by atoms with Crippen LogP contribution in [0.4, 0.5) is 0 Å². The van der Waals surface area contributed by atoms with E-state index in [1.54, 1.807) is 0 Å². The van der Waals surface area contributed by atoms with Crippen LogP contribution in [0.2, 0.25) is 0 Å². The highest BCUT2D eigenvalue weighted by Gasteiger charge is 2.26. The van der Waals surface area contributed by atoms with Gasteiger partial charge in [0.2, 0.25) is 0 Å². The Labute approximate surface area is 295 Å². The van der Waals surface area contributed by atoms with E-state index in [2.05, 4.69) is 13.8 Å². The quantitative estimate of drug-likeness (QED) is 0.0365. The number of esters is 2. The van der Waals surface area contributed by atoms with Crippen LogP contribution in [0.1, 0.15) is 200 Å². The Kier molecular flexibility index (Phi) is 35.1. The number of hydrogen-bond acceptors (Lipinski definition) is 8. The summed E-state index contributed by atoms with van der Waals surface area (Å²) in [5.41, 5.74) is 5.33. The van der Waals surface area contributed by atoms with Gasteiger partial charge >= 0.3 is 19.8 Å². The van der Waals surface area contributed by atoms with Gasteiger partial charge in [-0.05, 0) is 12.8 Å². The maximum atomic E-state index is 12.5. The fraction of sp³-hybridized carbons (Fsp3) is 0.947. The summed E-state index contributed by atoms with van der Waals surface area (Å²) in [6.45, 7) is 3.75. The predicted octanol–water partition coefficient (Wildman–Crippen LogP) is 10.9. The summed E-state index contributed by atoms with van der Waals surface area (Å²) in [5, 5.41) is 0. The highest BCUT2D eigenvalue weighted by Crippen LogP contribution is 2.43. The van der Waals surface area contributed by atoms with Gasteiger partial charge in [-0.1, -0.05) is 174 Å². The number of phosphoric ester groups is 1. The van der Waals surface area contributed by atoms with Gasteiger partial charge in [-0.15, -0.1) is 0 Å². The van der Waals surface area contributed by atoms with Crippen molar-refractivity contribution >= 4 is 19.8 Å². The van der Waals surface area contributed by atoms with E-state index in [9.17, 15) is 19.0 Å². The summed E-state index contributed by atoms with van der Waals surface area (Å²) >= 11 is 0. The molecule has 0 fully saturated rings. The van der Waals surface area contributed by atoms with Crippen LogP contribution < -0.4 is 5.73 Å². The van der Waals surface area contributed by atoms with E-state index >= 15 is 0 Å². The molecule has 0 radical (unpaired) electrons. The second kappa shape index (κ2) is 35.8. The molecule has 0 spiro atoms. The van der Waals surface area contributed by atoms with Gasteiger partial charge in [-0.25, -0.2) is 4.57 Å². The monoisotopic (exact) mass is 706 g/mol. The van der Waals surface area contributed by atoms with Crippen molar-refractivity contribution in [2.45, 2.75) is 206 Å². The van der Waals surface area contributed by atoms with Gasteiger partial charge < -0.3 is 20.1 Å². The van der Waals surface area contributed by atoms with E-state index in [4.69, 9.17) is 24.3 Å². The number of phosphoric acid groups is 1. The van der Waals surface area contributed by atoms with Crippen LogP contribution in [-0.2, 0) is 32.7 Å². The second-order valence-electron chi connectivity index (χ2n) is 13.5. The molecule has 0 rings (SSSR count). The molecule has 0 aromatic rings. The van der Waals surface area contributed by atoms with E-state index in [0.717, 1.165) is 32.1 Å². The SMILES string of the molecule is CCCCCCCCCCCCCCCCC(=O)OC[C@H](COP(=O)(O)OCCN)OC(=O)CCCCCCCCCCCCCCC. The van der Waals surface area contributed by atoms with E-state index in [-0.39, 0.29) is 38.6 Å². The lowest BCUT2D eigenvalue weighted by Crippen LogP contribution is -2.29. The van der Waals surface area contributed by atoms with Gasteiger partial charge in [0.05, 0.1) is 13.2 Å². The van der Waals surface area contributed by atoms with Gasteiger partial charge in [-0.2, -0.15) is 0 Å². The molecule has 0 amide bonds. The largest absolute Gasteiger partial charge is 0.472 e. The fourth-order valence-corrected chi connectivity index (χ4v) is 6.52. The Bertz CT molecular complexity index is 769. The summed E-state index contributed by atoms with van der Waals surface area (Å²) in [6.07, 6.45) is 32.7. The first-order chi connectivity index (χ1) is 23.3. The topological polar surface area (TPSA) is 134 Å². The Morgan fingerprint density at radius 2 is 0.896 bits per heavy atom. The number of unbranched alkanes of at least 4 members (excludes halogenated alkanes) is 25. The van der Waals surface area contributed by atoms with E-state index in [1.807, 2.05) is 0 Å². The number of hydrogen-bond donors (Lipinski definition) is 2. The molecule has 0 aromatic carbocycles. The summed E-state index contributed by atoms with van der Waals surface area (Å²) in [4.78, 5) is 34.7. The molecule has 0 aliphatic heterocycles. The Balaban J connectivity index is 4.16. The smallest absolute Gasteiger partial charge is 0.462 e. The van der Waals surface area contributed by atoms with E-state index in [1.165, 1.54) is 135 Å². The average Bonchev–Trinajstić information content (AvgIpc) is 3.07. The van der Waals surface area contributed by atoms with Crippen molar-refractivity contribution in [2.75, 3.05) is 26.4 Å². The molecule has 3 N–H and O–H groups in total. The van der Waals surface area contributed by atoms with Crippen molar-refractivity contribution in [1.29, 1.82) is 0 Å². The molecule has 0 saturated heterocycles. The van der Waals surface area contributed by atoms with Crippen LogP contribution in [0, 0.1) is 0 Å². The third kappa shape index (κ3) is 34.9. The van der Waals surface area contributed by atoms with Gasteiger partial charge in [0, 0.05) is 19.4 Å². The zero-order valence-corrected chi connectivity index (χ0v) is 32.1. The van der Waals surface area contributed by atoms with Crippen LogP contribution in [0.15, 0.2) is 0 Å². The molecule has 286 valence electrons. The van der Waals surface area contributed by atoms with Crippen molar-refractivity contribution in [3.8, 4) is 0 Å². The van der Waals surface area contributed by atoms with Crippen molar-refractivity contribution in [2.24, 2.45) is 5.73 Å². The molecule has 9 nitrogen and oxygen atoms in total. The van der Waals surface area contributed by atoms with Gasteiger partial charge in [0.15, 0.2) is 6.10 Å². The summed E-state index contributed by atoms with van der Waals surface area (Å²) in [5.74, 6) is -0.816. The zero-order valence-electron chi connectivity index (χ0n) is 31.2. The maximum absolute atomic E-state index is 12.5. The highest BCUT2D eigenvalue weighted by molar-refractivity contribution is 7.47. The predicted molar refractivity (Wildman–Crippen MR) is 197 cm³/mol. The summed E-state index contributed by atoms with van der Waals surface area (Å²) < 4.78 is 32.7. The van der Waals surface area contributed by atoms with Gasteiger partial charge in [-0.3, -0.25) is 18.6 Å². The van der Waals surface area contributed by atoms with Crippen molar-refractivity contribution in [1.82, 2.24) is 0 Å². The lowest BCUT2D eigenvalue weighted by atomic mass is 10.0. The molecule has 2 atom stereocenters. The molecule has 0 aliphatic rings. The normalized spacial score (nSPS) is 13.3. The third-order valence-corrected chi connectivity index (χ3v) is 9.73. The third-order valence-electron chi connectivity index (χ3n) is 8.74. The van der Waals surface area contributed by atoms with Crippen molar-refractivity contribution in [3.05, 3.63) is 0 Å². The number of nitrogens with two attached hydrogens (primary N) is 1. The number of rotatable bonds is 38. The first-order valence-electron chi connectivity index (χ1n) is 20.0. The number of carbonyl (C=O) groups is 2. The molecular formula is C38H76NO8P. The Morgan fingerprint density at radius 3 is 1.27 bits per heavy atom. The molecule has 0 saturated carbocycles. The van der Waals surface area contributed by atoms with Crippen LogP contribution >= 0.6 is 7.82 Å². The first kappa shape index (κ1) is 47.0. The zero-order chi connectivity index (χ0) is 35.4. The molecule has 0 bridgehead atoms. The fourth-order valence-electron chi connectivity index (χ4n) is 5.75. The molecule has 0 heterocycles. The highest BCUT2D eigenvalue weighted by atomic mass is 31.2. The minimum absolute atomic E-state index is 0.0579. The number of ether oxygens (including phenoxy) is 2. The minimum Gasteiger partial charge on any atom is -0.462 e. The van der Waals surface area contributed by atoms with Crippen molar-refractivity contribution in [3.63, 3.8) is 0 Å². The first-order valence-corrected chi connectivity index (χ1v) is 21.5.